The number of imidazole rings is 1. The monoisotopic (exact) mass is 261 g/mol. The molecule has 0 aliphatic carbocycles. The van der Waals surface area contributed by atoms with Crippen molar-refractivity contribution in [2.24, 2.45) is 0 Å². The van der Waals surface area contributed by atoms with Gasteiger partial charge < -0.3 is 15.0 Å². The van der Waals surface area contributed by atoms with Gasteiger partial charge in [0.05, 0.1) is 23.7 Å². The average Bonchev–Trinajstić information content (AvgIpc) is 2.67. The minimum atomic E-state index is 0.178. The minimum absolute atomic E-state index is 0.178. The summed E-state index contributed by atoms with van der Waals surface area (Å²) in [5.74, 6) is 1.47. The molecule has 2 rings (SSSR count). The molecule has 1 aromatic heterocycles. The van der Waals surface area contributed by atoms with E-state index < -0.39 is 0 Å². The smallest absolute Gasteiger partial charge is 0.112 e. The van der Waals surface area contributed by atoms with Crippen LogP contribution in [0.25, 0.3) is 11.0 Å². The fourth-order valence-electron chi connectivity index (χ4n) is 2.39. The van der Waals surface area contributed by atoms with E-state index in [1.54, 1.807) is 0 Å². The van der Waals surface area contributed by atoms with Crippen LogP contribution in [0, 0.1) is 0 Å². The summed E-state index contributed by atoms with van der Waals surface area (Å²) in [7, 11) is 0. The van der Waals surface area contributed by atoms with Crippen LogP contribution in [-0.2, 0) is 11.3 Å². The van der Waals surface area contributed by atoms with Gasteiger partial charge in [0.15, 0.2) is 0 Å². The maximum Gasteiger partial charge on any atom is 0.112 e. The molecule has 1 unspecified atom stereocenters. The van der Waals surface area contributed by atoms with Crippen molar-refractivity contribution in [2.75, 3.05) is 12.3 Å². The Hall–Kier alpha value is -1.55. The molecule has 2 N–H and O–H groups in total. The molecule has 1 heterocycles. The van der Waals surface area contributed by atoms with E-state index in [0.717, 1.165) is 35.7 Å². The molecule has 0 aliphatic heterocycles. The fourth-order valence-corrected chi connectivity index (χ4v) is 2.39. The van der Waals surface area contributed by atoms with E-state index >= 15 is 0 Å². The number of rotatable bonds is 5. The third kappa shape index (κ3) is 2.89. The van der Waals surface area contributed by atoms with Crippen molar-refractivity contribution >= 4 is 16.7 Å². The summed E-state index contributed by atoms with van der Waals surface area (Å²) in [4.78, 5) is 4.71. The molecule has 4 nitrogen and oxygen atoms in total. The van der Waals surface area contributed by atoms with E-state index in [2.05, 4.69) is 25.3 Å². The van der Waals surface area contributed by atoms with Crippen LogP contribution in [0.2, 0.25) is 0 Å². The predicted molar refractivity (Wildman–Crippen MR) is 79.3 cm³/mol. The predicted octanol–water partition coefficient (Wildman–Crippen LogP) is 3.17. The largest absolute Gasteiger partial charge is 0.399 e. The summed E-state index contributed by atoms with van der Waals surface area (Å²) in [6, 6.07) is 5.90. The lowest BCUT2D eigenvalue weighted by molar-refractivity contribution is 0.0641. The Balaban J connectivity index is 2.46. The summed E-state index contributed by atoms with van der Waals surface area (Å²) >= 11 is 0. The van der Waals surface area contributed by atoms with Gasteiger partial charge in [-0.25, -0.2) is 4.98 Å². The quantitative estimate of drug-likeness (QED) is 0.841. The molecule has 104 valence electrons. The van der Waals surface area contributed by atoms with Crippen molar-refractivity contribution in [1.82, 2.24) is 9.55 Å². The highest BCUT2D eigenvalue weighted by Gasteiger charge is 2.15. The van der Waals surface area contributed by atoms with Crippen molar-refractivity contribution in [3.8, 4) is 0 Å². The van der Waals surface area contributed by atoms with Crippen molar-refractivity contribution in [3.05, 3.63) is 24.0 Å². The Morgan fingerprint density at radius 2 is 2.05 bits per heavy atom. The van der Waals surface area contributed by atoms with E-state index in [0.29, 0.717) is 5.92 Å². The number of hydrogen-bond acceptors (Lipinski definition) is 3. The maximum absolute atomic E-state index is 5.83. The number of aromatic nitrogens is 2. The third-order valence-corrected chi connectivity index (χ3v) is 3.21. The van der Waals surface area contributed by atoms with Gasteiger partial charge in [-0.1, -0.05) is 13.8 Å². The second-order valence-corrected chi connectivity index (χ2v) is 5.25. The molecule has 19 heavy (non-hydrogen) atoms. The van der Waals surface area contributed by atoms with Gasteiger partial charge in [0, 0.05) is 18.2 Å². The molecule has 0 radical (unpaired) electrons. The summed E-state index contributed by atoms with van der Waals surface area (Å²) < 4.78 is 7.90. The minimum Gasteiger partial charge on any atom is -0.399 e. The number of nitrogen functional groups attached to an aromatic ring is 1. The average molecular weight is 261 g/mol. The van der Waals surface area contributed by atoms with Crippen LogP contribution in [0.3, 0.4) is 0 Å². The van der Waals surface area contributed by atoms with Crippen molar-refractivity contribution < 1.29 is 4.74 Å². The van der Waals surface area contributed by atoms with E-state index in [4.69, 9.17) is 15.5 Å². The maximum atomic E-state index is 5.83. The summed E-state index contributed by atoms with van der Waals surface area (Å²) in [5, 5.41) is 0. The SMILES string of the molecule is CCOC(C)Cn1c(C(C)C)nc2cc(N)ccc21. The van der Waals surface area contributed by atoms with E-state index in [9.17, 15) is 0 Å². The lowest BCUT2D eigenvalue weighted by Crippen LogP contribution is -2.18. The lowest BCUT2D eigenvalue weighted by Gasteiger charge is -2.16. The number of fused-ring (bicyclic) bond motifs is 1. The molecule has 0 saturated heterocycles. The molecule has 0 saturated carbocycles. The van der Waals surface area contributed by atoms with Gasteiger partial charge in [0.2, 0.25) is 0 Å². The topological polar surface area (TPSA) is 53.1 Å². The molecule has 1 atom stereocenters. The second-order valence-electron chi connectivity index (χ2n) is 5.25. The van der Waals surface area contributed by atoms with Crippen LogP contribution in [0.4, 0.5) is 5.69 Å². The standard InChI is InChI=1S/C15H23N3O/c1-5-19-11(4)9-18-14-7-6-12(16)8-13(14)17-15(18)10(2)3/h6-8,10-11H,5,9,16H2,1-4H3. The van der Waals surface area contributed by atoms with Gasteiger partial charge in [-0.05, 0) is 32.0 Å². The number of hydrogen-bond donors (Lipinski definition) is 1. The van der Waals surface area contributed by atoms with Gasteiger partial charge in [-0.3, -0.25) is 0 Å². The molecule has 4 heteroatoms. The van der Waals surface area contributed by atoms with Gasteiger partial charge in [0.25, 0.3) is 0 Å². The molecule has 1 aromatic carbocycles. The first-order valence-electron chi connectivity index (χ1n) is 6.90. The van der Waals surface area contributed by atoms with Crippen LogP contribution < -0.4 is 5.73 Å². The molecule has 0 amide bonds. The number of anilines is 1. The van der Waals surface area contributed by atoms with E-state index in [1.165, 1.54) is 0 Å². The fraction of sp³-hybridized carbons (Fsp3) is 0.533. The Labute approximate surface area is 114 Å². The zero-order valence-electron chi connectivity index (χ0n) is 12.2. The Kier molecular flexibility index (Phi) is 4.10. The van der Waals surface area contributed by atoms with Gasteiger partial charge in [-0.2, -0.15) is 0 Å². The van der Waals surface area contributed by atoms with Crippen molar-refractivity contribution in [1.29, 1.82) is 0 Å². The van der Waals surface area contributed by atoms with Crippen LogP contribution in [0.1, 0.15) is 39.4 Å². The number of ether oxygens (including phenoxy) is 1. The van der Waals surface area contributed by atoms with Gasteiger partial charge >= 0.3 is 0 Å². The zero-order valence-corrected chi connectivity index (χ0v) is 12.2. The van der Waals surface area contributed by atoms with E-state index in [1.807, 2.05) is 25.1 Å². The molecule has 0 fully saturated rings. The van der Waals surface area contributed by atoms with Crippen LogP contribution >= 0.6 is 0 Å². The zero-order chi connectivity index (χ0) is 14.0. The first-order chi connectivity index (χ1) is 9.02. The van der Waals surface area contributed by atoms with Crippen LogP contribution in [0.5, 0.6) is 0 Å². The third-order valence-electron chi connectivity index (χ3n) is 3.21. The second kappa shape index (κ2) is 5.61. The highest BCUT2D eigenvalue weighted by Crippen LogP contribution is 2.24. The van der Waals surface area contributed by atoms with Crippen LogP contribution in [-0.4, -0.2) is 22.3 Å². The van der Waals surface area contributed by atoms with Crippen LogP contribution in [0.15, 0.2) is 18.2 Å². The number of nitrogens with zero attached hydrogens (tertiary/aromatic N) is 2. The molecule has 0 aliphatic rings. The Morgan fingerprint density at radius 1 is 1.32 bits per heavy atom. The summed E-state index contributed by atoms with van der Waals surface area (Å²) in [6.07, 6.45) is 0.178. The first kappa shape index (κ1) is 13.9. The Morgan fingerprint density at radius 3 is 2.68 bits per heavy atom. The first-order valence-corrected chi connectivity index (χ1v) is 6.90. The number of benzene rings is 1. The van der Waals surface area contributed by atoms with Gasteiger partial charge in [-0.15, -0.1) is 0 Å². The van der Waals surface area contributed by atoms with Crippen molar-refractivity contribution in [2.45, 2.75) is 46.3 Å². The lowest BCUT2D eigenvalue weighted by atomic mass is 10.2. The highest BCUT2D eigenvalue weighted by atomic mass is 16.5. The normalized spacial score (nSPS) is 13.3. The summed E-state index contributed by atoms with van der Waals surface area (Å²) in [5.41, 5.74) is 8.68. The summed E-state index contributed by atoms with van der Waals surface area (Å²) in [6.45, 7) is 9.99. The molecule has 2 aromatic rings. The molecule has 0 bridgehead atoms. The van der Waals surface area contributed by atoms with Gasteiger partial charge in [0.1, 0.15) is 5.82 Å². The number of nitrogens with two attached hydrogens (primary N) is 1. The highest BCUT2D eigenvalue weighted by molar-refractivity contribution is 5.79. The molecular weight excluding hydrogens is 238 g/mol. The molecular formula is C15H23N3O. The molecule has 0 spiro atoms. The Bertz CT molecular complexity index is 560. The van der Waals surface area contributed by atoms with Crippen molar-refractivity contribution in [3.63, 3.8) is 0 Å². The van der Waals surface area contributed by atoms with E-state index in [-0.39, 0.29) is 6.10 Å².